The minimum absolute atomic E-state index is 0.0536. The summed E-state index contributed by atoms with van der Waals surface area (Å²) in [5, 5.41) is 14.2. The van der Waals surface area contributed by atoms with Crippen LogP contribution in [0.25, 0.3) is 11.1 Å². The monoisotopic (exact) mass is 394 g/mol. The first-order valence-corrected chi connectivity index (χ1v) is 9.49. The number of hydrogen-bond acceptors (Lipinski definition) is 6. The van der Waals surface area contributed by atoms with E-state index in [1.165, 1.54) is 23.9 Å². The molecule has 1 heterocycles. The molecule has 0 aliphatic carbocycles. The highest BCUT2D eigenvalue weighted by Gasteiger charge is 2.08. The quantitative estimate of drug-likeness (QED) is 0.288. The lowest BCUT2D eigenvalue weighted by atomic mass is 10.1. The van der Waals surface area contributed by atoms with Gasteiger partial charge in [0.1, 0.15) is 0 Å². The van der Waals surface area contributed by atoms with Crippen molar-refractivity contribution >= 4 is 29.0 Å². The van der Waals surface area contributed by atoms with Gasteiger partial charge in [-0.2, -0.15) is 0 Å². The zero-order valence-corrected chi connectivity index (χ0v) is 16.2. The number of aromatic nitrogens is 2. The summed E-state index contributed by atoms with van der Waals surface area (Å²) in [7, 11) is 0. The van der Waals surface area contributed by atoms with Gasteiger partial charge in [-0.05, 0) is 55.3 Å². The molecular weight excluding hydrogens is 376 g/mol. The number of nitrogens with zero attached hydrogens (tertiary/aromatic N) is 3. The van der Waals surface area contributed by atoms with Crippen molar-refractivity contribution in [3.05, 3.63) is 76.1 Å². The van der Waals surface area contributed by atoms with E-state index in [1.54, 1.807) is 24.3 Å². The van der Waals surface area contributed by atoms with Crippen LogP contribution in [0.2, 0.25) is 0 Å². The molecule has 0 saturated heterocycles. The van der Waals surface area contributed by atoms with Crippen LogP contribution < -0.4 is 5.32 Å². The molecule has 0 bridgehead atoms. The summed E-state index contributed by atoms with van der Waals surface area (Å²) < 4.78 is 0. The van der Waals surface area contributed by atoms with Gasteiger partial charge < -0.3 is 5.32 Å². The molecule has 28 heavy (non-hydrogen) atoms. The van der Waals surface area contributed by atoms with Gasteiger partial charge in [-0.25, -0.2) is 9.97 Å². The Kier molecular flexibility index (Phi) is 6.00. The van der Waals surface area contributed by atoms with E-state index in [4.69, 9.17) is 0 Å². The summed E-state index contributed by atoms with van der Waals surface area (Å²) in [4.78, 5) is 31.1. The number of hydrogen-bond donors (Lipinski definition) is 1. The Hall–Kier alpha value is -3.26. The van der Waals surface area contributed by atoms with Gasteiger partial charge in [0, 0.05) is 29.2 Å². The zero-order chi connectivity index (χ0) is 20.1. The molecule has 0 unspecified atom stereocenters. The van der Waals surface area contributed by atoms with Crippen molar-refractivity contribution in [2.24, 2.45) is 0 Å². The molecule has 142 valence electrons. The third-order valence-corrected chi connectivity index (χ3v) is 4.72. The molecule has 3 aromatic rings. The van der Waals surface area contributed by atoms with Crippen LogP contribution in [0, 0.1) is 24.0 Å². The summed E-state index contributed by atoms with van der Waals surface area (Å²) in [6, 6.07) is 15.5. The number of carbonyl (C=O) groups excluding carboxylic acids is 1. The molecule has 0 atom stereocenters. The number of nitro benzene ring substituents is 1. The summed E-state index contributed by atoms with van der Waals surface area (Å²) in [6.45, 7) is 3.79. The second kappa shape index (κ2) is 8.62. The molecule has 0 aliphatic rings. The van der Waals surface area contributed by atoms with Crippen molar-refractivity contribution in [2.75, 3.05) is 11.1 Å². The molecule has 3 rings (SSSR count). The fraction of sp³-hybridized carbons (Fsp3) is 0.150. The molecule has 0 saturated carbocycles. The maximum absolute atomic E-state index is 12.2. The second-order valence-electron chi connectivity index (χ2n) is 6.15. The summed E-state index contributed by atoms with van der Waals surface area (Å²) >= 11 is 1.29. The molecular formula is C20H18N4O3S. The Labute approximate surface area is 166 Å². The maximum Gasteiger partial charge on any atom is 0.269 e. The van der Waals surface area contributed by atoms with Crippen molar-refractivity contribution in [1.29, 1.82) is 0 Å². The summed E-state index contributed by atoms with van der Waals surface area (Å²) in [5.41, 5.74) is 4.25. The number of nitro groups is 1. The van der Waals surface area contributed by atoms with Crippen LogP contribution in [0.4, 0.5) is 11.4 Å². The largest absolute Gasteiger partial charge is 0.325 e. The Morgan fingerprint density at radius 1 is 1.00 bits per heavy atom. The second-order valence-corrected chi connectivity index (χ2v) is 7.09. The highest BCUT2D eigenvalue weighted by Crippen LogP contribution is 2.24. The Morgan fingerprint density at radius 2 is 1.54 bits per heavy atom. The maximum atomic E-state index is 12.2. The number of carbonyl (C=O) groups is 1. The fourth-order valence-electron chi connectivity index (χ4n) is 2.61. The van der Waals surface area contributed by atoms with Crippen molar-refractivity contribution in [3.63, 3.8) is 0 Å². The van der Waals surface area contributed by atoms with Crippen LogP contribution in [-0.4, -0.2) is 26.6 Å². The third kappa shape index (κ3) is 5.14. The molecule has 2 aromatic carbocycles. The molecule has 7 nitrogen and oxygen atoms in total. The van der Waals surface area contributed by atoms with E-state index >= 15 is 0 Å². The van der Waals surface area contributed by atoms with Gasteiger partial charge in [-0.15, -0.1) is 0 Å². The molecule has 1 N–H and O–H groups in total. The van der Waals surface area contributed by atoms with Crippen molar-refractivity contribution in [3.8, 4) is 11.1 Å². The standard InChI is InChI=1S/C20H18N4O3S/c1-13-11-14(2)22-20(21-13)28-12-19(25)23-17-7-3-15(4-8-17)16-5-9-18(10-6-16)24(26)27/h3-11H,12H2,1-2H3,(H,23,25). The van der Waals surface area contributed by atoms with Gasteiger partial charge in [0.25, 0.3) is 5.69 Å². The molecule has 8 heteroatoms. The van der Waals surface area contributed by atoms with Crippen LogP contribution in [0.1, 0.15) is 11.4 Å². The van der Waals surface area contributed by atoms with E-state index in [0.717, 1.165) is 22.5 Å². The highest BCUT2D eigenvalue weighted by atomic mass is 32.2. The lowest BCUT2D eigenvalue weighted by Gasteiger charge is -2.07. The average Bonchev–Trinajstić information content (AvgIpc) is 2.66. The normalized spacial score (nSPS) is 10.5. The summed E-state index contributed by atoms with van der Waals surface area (Å²) in [5.74, 6) is 0.0725. The molecule has 0 spiro atoms. The van der Waals surface area contributed by atoms with Crippen LogP contribution >= 0.6 is 11.8 Å². The highest BCUT2D eigenvalue weighted by molar-refractivity contribution is 7.99. The van der Waals surface area contributed by atoms with Gasteiger partial charge in [0.2, 0.25) is 5.91 Å². The third-order valence-electron chi connectivity index (χ3n) is 3.87. The molecule has 1 amide bonds. The van der Waals surface area contributed by atoms with Gasteiger partial charge >= 0.3 is 0 Å². The van der Waals surface area contributed by atoms with E-state index in [2.05, 4.69) is 15.3 Å². The van der Waals surface area contributed by atoms with Crippen molar-refractivity contribution in [1.82, 2.24) is 9.97 Å². The zero-order valence-electron chi connectivity index (χ0n) is 15.4. The fourth-order valence-corrected chi connectivity index (χ4v) is 3.36. The Bertz CT molecular complexity index is 985. The van der Waals surface area contributed by atoms with Crippen LogP contribution in [-0.2, 0) is 4.79 Å². The average molecular weight is 394 g/mol. The smallest absolute Gasteiger partial charge is 0.269 e. The summed E-state index contributed by atoms with van der Waals surface area (Å²) in [6.07, 6.45) is 0. The Morgan fingerprint density at radius 3 is 2.07 bits per heavy atom. The van der Waals surface area contributed by atoms with Crippen LogP contribution in [0.15, 0.2) is 59.8 Å². The predicted molar refractivity (Wildman–Crippen MR) is 109 cm³/mol. The van der Waals surface area contributed by atoms with Crippen molar-refractivity contribution in [2.45, 2.75) is 19.0 Å². The number of anilines is 1. The van der Waals surface area contributed by atoms with E-state index in [0.29, 0.717) is 10.8 Å². The Balaban J connectivity index is 1.58. The van der Waals surface area contributed by atoms with Crippen molar-refractivity contribution < 1.29 is 9.72 Å². The molecule has 1 aromatic heterocycles. The lowest BCUT2D eigenvalue weighted by molar-refractivity contribution is -0.384. The number of amides is 1. The van der Waals surface area contributed by atoms with Crippen LogP contribution in [0.3, 0.4) is 0 Å². The minimum atomic E-state index is -0.427. The number of aryl methyl sites for hydroxylation is 2. The van der Waals surface area contributed by atoms with E-state index in [9.17, 15) is 14.9 Å². The number of non-ortho nitro benzene ring substituents is 1. The van der Waals surface area contributed by atoms with Gasteiger partial charge in [-0.3, -0.25) is 14.9 Å². The van der Waals surface area contributed by atoms with Gasteiger partial charge in [0.15, 0.2) is 5.16 Å². The molecule has 0 aliphatic heterocycles. The topological polar surface area (TPSA) is 98.0 Å². The number of rotatable bonds is 6. The SMILES string of the molecule is Cc1cc(C)nc(SCC(=O)Nc2ccc(-c3ccc([N+](=O)[O-])cc3)cc2)n1. The number of nitrogens with one attached hydrogen (secondary N) is 1. The molecule has 0 radical (unpaired) electrons. The van der Waals surface area contributed by atoms with E-state index in [1.807, 2.05) is 32.0 Å². The van der Waals surface area contributed by atoms with Gasteiger partial charge in [-0.1, -0.05) is 23.9 Å². The van der Waals surface area contributed by atoms with Crippen LogP contribution in [0.5, 0.6) is 0 Å². The molecule has 0 fully saturated rings. The number of thioether (sulfide) groups is 1. The van der Waals surface area contributed by atoms with Gasteiger partial charge in [0.05, 0.1) is 10.7 Å². The lowest BCUT2D eigenvalue weighted by Crippen LogP contribution is -2.14. The first kappa shape index (κ1) is 19.5. The predicted octanol–water partition coefficient (Wildman–Crippen LogP) is 4.40. The van der Waals surface area contributed by atoms with E-state index < -0.39 is 4.92 Å². The number of benzene rings is 2. The minimum Gasteiger partial charge on any atom is -0.325 e. The first-order valence-electron chi connectivity index (χ1n) is 8.50. The van der Waals surface area contributed by atoms with E-state index in [-0.39, 0.29) is 17.3 Å². The first-order chi connectivity index (χ1) is 13.4.